The average molecular weight is 352 g/mol. The van der Waals surface area contributed by atoms with Gasteiger partial charge in [0.05, 0.1) is 17.9 Å². The molecule has 0 saturated heterocycles. The average Bonchev–Trinajstić information content (AvgIpc) is 2.55. The third-order valence-electron chi connectivity index (χ3n) is 3.39. The van der Waals surface area contributed by atoms with Gasteiger partial charge in [-0.2, -0.15) is 13.2 Å². The lowest BCUT2D eigenvalue weighted by molar-refractivity contribution is -0.137. The summed E-state index contributed by atoms with van der Waals surface area (Å²) in [6, 6.07) is 9.64. The summed E-state index contributed by atoms with van der Waals surface area (Å²) >= 11 is 0. The van der Waals surface area contributed by atoms with Gasteiger partial charge in [-0.1, -0.05) is 18.2 Å². The maximum atomic E-state index is 12.7. The molecule has 0 bridgehead atoms. The number of rotatable bonds is 5. The second kappa shape index (κ2) is 7.92. The Hall–Kier alpha value is -2.70. The first-order valence-corrected chi connectivity index (χ1v) is 7.74. The Morgan fingerprint density at radius 2 is 1.92 bits per heavy atom. The van der Waals surface area contributed by atoms with E-state index >= 15 is 0 Å². The second-order valence-corrected chi connectivity index (χ2v) is 5.44. The molecule has 0 heterocycles. The Labute approximate surface area is 144 Å². The highest BCUT2D eigenvalue weighted by Crippen LogP contribution is 2.29. The van der Waals surface area contributed by atoms with Gasteiger partial charge >= 0.3 is 12.2 Å². The lowest BCUT2D eigenvalue weighted by Gasteiger charge is -2.13. The minimum absolute atomic E-state index is 0.0222. The van der Waals surface area contributed by atoms with Crippen molar-refractivity contribution in [2.45, 2.75) is 26.6 Å². The van der Waals surface area contributed by atoms with Gasteiger partial charge < -0.3 is 15.4 Å². The summed E-state index contributed by atoms with van der Waals surface area (Å²) in [6.45, 7) is 4.16. The van der Waals surface area contributed by atoms with Crippen LogP contribution in [0, 0.1) is 6.92 Å². The van der Waals surface area contributed by atoms with Gasteiger partial charge in [0.15, 0.2) is 0 Å². The quantitative estimate of drug-likeness (QED) is 0.817. The van der Waals surface area contributed by atoms with Crippen LogP contribution in [-0.4, -0.2) is 12.6 Å². The summed E-state index contributed by atoms with van der Waals surface area (Å²) in [5.74, 6) is 0.539. The van der Waals surface area contributed by atoms with Crippen LogP contribution in [0.15, 0.2) is 42.5 Å². The molecule has 0 radical (unpaired) electrons. The van der Waals surface area contributed by atoms with Crippen LogP contribution in [-0.2, 0) is 12.7 Å². The third kappa shape index (κ3) is 5.41. The Balaban J connectivity index is 2.00. The first kappa shape index (κ1) is 18.6. The number of hydrogen-bond acceptors (Lipinski definition) is 2. The molecular formula is C18H19F3N2O2. The van der Waals surface area contributed by atoms with Crippen LogP contribution in [0.1, 0.15) is 23.6 Å². The van der Waals surface area contributed by atoms with Gasteiger partial charge in [-0.3, -0.25) is 0 Å². The number of urea groups is 1. The molecule has 2 aromatic carbocycles. The van der Waals surface area contributed by atoms with Crippen molar-refractivity contribution in [2.24, 2.45) is 0 Å². The number of carbonyl (C=O) groups excluding carboxylic acids is 1. The number of anilines is 1. The highest BCUT2D eigenvalue weighted by Gasteiger charge is 2.30. The van der Waals surface area contributed by atoms with Crippen LogP contribution < -0.4 is 15.4 Å². The minimum atomic E-state index is -4.41. The van der Waals surface area contributed by atoms with Crippen LogP contribution in [0.3, 0.4) is 0 Å². The highest BCUT2D eigenvalue weighted by molar-refractivity contribution is 5.90. The summed E-state index contributed by atoms with van der Waals surface area (Å²) in [7, 11) is 0. The fourth-order valence-corrected chi connectivity index (χ4v) is 2.21. The van der Waals surface area contributed by atoms with E-state index in [4.69, 9.17) is 4.74 Å². The van der Waals surface area contributed by atoms with Gasteiger partial charge in [0.1, 0.15) is 5.75 Å². The van der Waals surface area contributed by atoms with Crippen LogP contribution >= 0.6 is 0 Å². The largest absolute Gasteiger partial charge is 0.492 e. The smallest absolute Gasteiger partial charge is 0.416 e. The van der Waals surface area contributed by atoms with Gasteiger partial charge in [-0.05, 0) is 49.2 Å². The molecule has 0 aliphatic rings. The monoisotopic (exact) mass is 352 g/mol. The van der Waals surface area contributed by atoms with Crippen molar-refractivity contribution < 1.29 is 22.7 Å². The number of alkyl halides is 3. The zero-order valence-electron chi connectivity index (χ0n) is 13.9. The molecule has 2 N–H and O–H groups in total. The van der Waals surface area contributed by atoms with E-state index in [1.165, 1.54) is 12.1 Å². The van der Waals surface area contributed by atoms with Crippen molar-refractivity contribution in [3.05, 3.63) is 59.2 Å². The van der Waals surface area contributed by atoms with E-state index in [0.717, 1.165) is 17.7 Å². The molecule has 134 valence electrons. The molecule has 0 aliphatic carbocycles. The SMILES string of the molecule is CCOc1cc(C)ccc1NC(=O)NCc1cccc(C(F)(F)F)c1. The van der Waals surface area contributed by atoms with E-state index in [9.17, 15) is 18.0 Å². The van der Waals surface area contributed by atoms with E-state index in [0.29, 0.717) is 23.6 Å². The number of hydrogen-bond donors (Lipinski definition) is 2. The fourth-order valence-electron chi connectivity index (χ4n) is 2.21. The maximum absolute atomic E-state index is 12.7. The second-order valence-electron chi connectivity index (χ2n) is 5.44. The van der Waals surface area contributed by atoms with Crippen LogP contribution in [0.25, 0.3) is 0 Å². The van der Waals surface area contributed by atoms with Gasteiger partial charge in [0.25, 0.3) is 0 Å². The van der Waals surface area contributed by atoms with Crippen LogP contribution in [0.4, 0.5) is 23.7 Å². The molecule has 0 fully saturated rings. The lowest BCUT2D eigenvalue weighted by Crippen LogP contribution is -2.28. The number of halogens is 3. The Morgan fingerprint density at radius 3 is 2.60 bits per heavy atom. The molecule has 0 spiro atoms. The van der Waals surface area contributed by atoms with Crippen LogP contribution in [0.5, 0.6) is 5.75 Å². The molecule has 25 heavy (non-hydrogen) atoms. The molecule has 7 heteroatoms. The van der Waals surface area contributed by atoms with E-state index in [1.54, 1.807) is 12.1 Å². The molecule has 0 aromatic heterocycles. The summed E-state index contributed by atoms with van der Waals surface area (Å²) in [5, 5.41) is 5.18. The van der Waals surface area contributed by atoms with Crippen molar-refractivity contribution in [3.63, 3.8) is 0 Å². The molecule has 0 atom stereocenters. The molecule has 0 saturated carbocycles. The van der Waals surface area contributed by atoms with Gasteiger partial charge in [-0.15, -0.1) is 0 Å². The zero-order valence-corrected chi connectivity index (χ0v) is 13.9. The Kier molecular flexibility index (Phi) is 5.90. The number of ether oxygens (including phenoxy) is 1. The topological polar surface area (TPSA) is 50.4 Å². The molecule has 2 rings (SSSR count). The fraction of sp³-hybridized carbons (Fsp3) is 0.278. The lowest BCUT2D eigenvalue weighted by atomic mass is 10.1. The number of aryl methyl sites for hydroxylation is 1. The van der Waals surface area contributed by atoms with Crippen molar-refractivity contribution in [3.8, 4) is 5.75 Å². The molecule has 4 nitrogen and oxygen atoms in total. The van der Waals surface area contributed by atoms with E-state index in [2.05, 4.69) is 10.6 Å². The number of nitrogens with one attached hydrogen (secondary N) is 2. The first-order valence-electron chi connectivity index (χ1n) is 7.74. The van der Waals surface area contributed by atoms with Crippen molar-refractivity contribution in [2.75, 3.05) is 11.9 Å². The van der Waals surface area contributed by atoms with E-state index in [1.807, 2.05) is 19.9 Å². The Morgan fingerprint density at radius 1 is 1.16 bits per heavy atom. The van der Waals surface area contributed by atoms with Crippen molar-refractivity contribution in [1.82, 2.24) is 5.32 Å². The summed E-state index contributed by atoms with van der Waals surface area (Å²) in [6.07, 6.45) is -4.41. The van der Waals surface area contributed by atoms with E-state index < -0.39 is 17.8 Å². The predicted molar refractivity (Wildman–Crippen MR) is 89.7 cm³/mol. The highest BCUT2D eigenvalue weighted by atomic mass is 19.4. The van der Waals surface area contributed by atoms with Crippen LogP contribution in [0.2, 0.25) is 0 Å². The molecule has 2 amide bonds. The normalized spacial score (nSPS) is 11.1. The number of benzene rings is 2. The molecular weight excluding hydrogens is 333 g/mol. The van der Waals surface area contributed by atoms with Gasteiger partial charge in [-0.25, -0.2) is 4.79 Å². The standard InChI is InChI=1S/C18H19F3N2O2/c1-3-25-16-9-12(2)7-8-15(16)23-17(24)22-11-13-5-4-6-14(10-13)18(19,20)21/h4-10H,3,11H2,1-2H3,(H2,22,23,24). The summed E-state index contributed by atoms with van der Waals surface area (Å²) in [5.41, 5.74) is 1.09. The Bertz CT molecular complexity index is 745. The van der Waals surface area contributed by atoms with Crippen molar-refractivity contribution >= 4 is 11.7 Å². The maximum Gasteiger partial charge on any atom is 0.416 e. The van der Waals surface area contributed by atoms with E-state index in [-0.39, 0.29) is 6.54 Å². The van der Waals surface area contributed by atoms with Gasteiger partial charge in [0, 0.05) is 6.54 Å². The predicted octanol–water partition coefficient (Wildman–Crippen LogP) is 4.73. The molecule has 2 aromatic rings. The third-order valence-corrected chi connectivity index (χ3v) is 3.39. The first-order chi connectivity index (χ1) is 11.8. The summed E-state index contributed by atoms with van der Waals surface area (Å²) in [4.78, 5) is 12.0. The van der Waals surface area contributed by atoms with Gasteiger partial charge in [0.2, 0.25) is 0 Å². The van der Waals surface area contributed by atoms with Crippen molar-refractivity contribution in [1.29, 1.82) is 0 Å². The molecule has 0 unspecified atom stereocenters. The zero-order chi connectivity index (χ0) is 18.4. The molecule has 0 aliphatic heterocycles. The number of carbonyl (C=O) groups is 1. The minimum Gasteiger partial charge on any atom is -0.492 e. The summed E-state index contributed by atoms with van der Waals surface area (Å²) < 4.78 is 43.5. The number of amides is 2.